The Balaban J connectivity index is 2.16. The number of nitro groups is 1. The van der Waals surface area contributed by atoms with Gasteiger partial charge in [-0.25, -0.2) is 0 Å². The van der Waals surface area contributed by atoms with Crippen LogP contribution in [-0.4, -0.2) is 34.0 Å². The van der Waals surface area contributed by atoms with E-state index in [9.17, 15) is 14.9 Å². The van der Waals surface area contributed by atoms with Crippen molar-refractivity contribution in [3.63, 3.8) is 0 Å². The number of amides is 1. The number of piperidine rings is 1. The molecule has 7 nitrogen and oxygen atoms in total. The van der Waals surface area contributed by atoms with Crippen molar-refractivity contribution < 1.29 is 9.72 Å². The third-order valence-corrected chi connectivity index (χ3v) is 3.79. The van der Waals surface area contributed by atoms with E-state index in [0.717, 1.165) is 19.4 Å². The van der Waals surface area contributed by atoms with Gasteiger partial charge in [0.05, 0.1) is 11.1 Å². The van der Waals surface area contributed by atoms with Gasteiger partial charge in [0.1, 0.15) is 5.69 Å². The van der Waals surface area contributed by atoms with Crippen molar-refractivity contribution in [2.45, 2.75) is 51.7 Å². The highest BCUT2D eigenvalue weighted by atomic mass is 16.6. The van der Waals surface area contributed by atoms with Crippen LogP contribution in [0.25, 0.3) is 0 Å². The first kappa shape index (κ1) is 15.5. The number of aromatic nitrogens is 1. The Morgan fingerprint density at radius 3 is 2.86 bits per heavy atom. The Morgan fingerprint density at radius 1 is 1.57 bits per heavy atom. The fraction of sp³-hybridized carbons (Fsp3) is 0.643. The maximum atomic E-state index is 12.4. The zero-order valence-electron chi connectivity index (χ0n) is 12.6. The van der Waals surface area contributed by atoms with Crippen molar-refractivity contribution in [3.8, 4) is 0 Å². The summed E-state index contributed by atoms with van der Waals surface area (Å²) in [7, 11) is 0. The Hall–Kier alpha value is -1.89. The molecule has 2 heterocycles. The molecule has 0 saturated carbocycles. The van der Waals surface area contributed by atoms with Gasteiger partial charge in [0.25, 0.3) is 11.6 Å². The maximum Gasteiger partial charge on any atom is 0.287 e. The third kappa shape index (κ3) is 3.60. The summed E-state index contributed by atoms with van der Waals surface area (Å²) in [5.41, 5.74) is 0.301. The fourth-order valence-corrected chi connectivity index (χ4v) is 2.70. The topological polar surface area (TPSA) is 89.2 Å². The van der Waals surface area contributed by atoms with Crippen LogP contribution in [0.2, 0.25) is 0 Å². The average molecular weight is 294 g/mol. The second kappa shape index (κ2) is 6.26. The van der Waals surface area contributed by atoms with Gasteiger partial charge in [-0.05, 0) is 40.2 Å². The van der Waals surface area contributed by atoms with E-state index in [2.05, 4.69) is 17.6 Å². The second-order valence-corrected chi connectivity index (χ2v) is 5.89. The first-order valence-corrected chi connectivity index (χ1v) is 7.29. The molecule has 0 spiro atoms. The molecule has 2 N–H and O–H groups in total. The van der Waals surface area contributed by atoms with Crippen LogP contribution in [0.3, 0.4) is 0 Å². The van der Waals surface area contributed by atoms with Crippen LogP contribution in [0.15, 0.2) is 12.3 Å². The van der Waals surface area contributed by atoms with Gasteiger partial charge in [0, 0.05) is 24.2 Å². The molecule has 0 bridgehead atoms. The molecule has 21 heavy (non-hydrogen) atoms. The summed E-state index contributed by atoms with van der Waals surface area (Å²) in [5, 5.41) is 17.2. The molecule has 0 aromatic carbocycles. The van der Waals surface area contributed by atoms with Gasteiger partial charge in [-0.15, -0.1) is 0 Å². The van der Waals surface area contributed by atoms with Crippen molar-refractivity contribution in [2.75, 3.05) is 6.54 Å². The van der Waals surface area contributed by atoms with Gasteiger partial charge in [-0.1, -0.05) is 0 Å². The molecule has 116 valence electrons. The number of carbonyl (C=O) groups excluding carboxylic acids is 1. The largest absolute Gasteiger partial charge is 0.348 e. The highest BCUT2D eigenvalue weighted by Gasteiger charge is 2.24. The molecule has 1 aliphatic heterocycles. The Labute approximate surface area is 123 Å². The van der Waals surface area contributed by atoms with Crippen LogP contribution in [0, 0.1) is 10.1 Å². The zero-order chi connectivity index (χ0) is 15.6. The summed E-state index contributed by atoms with van der Waals surface area (Å²) < 4.78 is 1.65. The number of hydrogen-bond donors (Lipinski definition) is 2. The average Bonchev–Trinajstić information content (AvgIpc) is 2.84. The van der Waals surface area contributed by atoms with Gasteiger partial charge >= 0.3 is 0 Å². The first-order chi connectivity index (χ1) is 9.88. The van der Waals surface area contributed by atoms with Gasteiger partial charge in [-0.2, -0.15) is 0 Å². The molecule has 1 aliphatic rings. The van der Waals surface area contributed by atoms with Gasteiger partial charge < -0.3 is 15.2 Å². The van der Waals surface area contributed by atoms with E-state index in [1.54, 1.807) is 4.57 Å². The molecule has 1 amide bonds. The van der Waals surface area contributed by atoms with Crippen LogP contribution in [0.1, 0.15) is 50.1 Å². The van der Waals surface area contributed by atoms with E-state index in [4.69, 9.17) is 0 Å². The minimum Gasteiger partial charge on any atom is -0.348 e. The summed E-state index contributed by atoms with van der Waals surface area (Å²) in [6.07, 6.45) is 3.17. The van der Waals surface area contributed by atoms with Crippen molar-refractivity contribution in [3.05, 3.63) is 28.1 Å². The molecule has 0 radical (unpaired) electrons. The lowest BCUT2D eigenvalue weighted by molar-refractivity contribution is -0.384. The number of nitrogens with one attached hydrogen (secondary N) is 2. The molecule has 2 atom stereocenters. The summed E-state index contributed by atoms with van der Waals surface area (Å²) in [5.74, 6) is -0.240. The highest BCUT2D eigenvalue weighted by molar-refractivity contribution is 5.93. The minimum absolute atomic E-state index is 0.00797. The van der Waals surface area contributed by atoms with Gasteiger partial charge in [-0.3, -0.25) is 14.9 Å². The second-order valence-electron chi connectivity index (χ2n) is 5.89. The monoisotopic (exact) mass is 294 g/mol. The lowest BCUT2D eigenvalue weighted by Gasteiger charge is -2.28. The molecule has 2 unspecified atom stereocenters. The van der Waals surface area contributed by atoms with E-state index in [1.807, 2.05) is 13.8 Å². The lowest BCUT2D eigenvalue weighted by Crippen LogP contribution is -2.46. The van der Waals surface area contributed by atoms with E-state index in [0.29, 0.717) is 11.7 Å². The Kier molecular flexibility index (Phi) is 4.62. The SMILES string of the molecule is CC1CC(NC(=O)c2cc([N+](=O)[O-])cn2C(C)C)CCN1. The summed E-state index contributed by atoms with van der Waals surface area (Å²) in [4.78, 5) is 22.8. The fourth-order valence-electron chi connectivity index (χ4n) is 2.70. The predicted molar refractivity (Wildman–Crippen MR) is 79.4 cm³/mol. The van der Waals surface area contributed by atoms with Crippen LogP contribution >= 0.6 is 0 Å². The highest BCUT2D eigenvalue weighted by Crippen LogP contribution is 2.21. The smallest absolute Gasteiger partial charge is 0.287 e. The minimum atomic E-state index is -0.470. The van der Waals surface area contributed by atoms with Crippen LogP contribution in [-0.2, 0) is 0 Å². The molecule has 1 fully saturated rings. The molecular weight excluding hydrogens is 272 g/mol. The van der Waals surface area contributed by atoms with E-state index in [1.165, 1.54) is 12.3 Å². The molecule has 7 heteroatoms. The van der Waals surface area contributed by atoms with Crippen LogP contribution in [0.4, 0.5) is 5.69 Å². The van der Waals surface area contributed by atoms with Crippen molar-refractivity contribution in [1.82, 2.24) is 15.2 Å². The summed E-state index contributed by atoms with van der Waals surface area (Å²) in [6.45, 7) is 6.75. The van der Waals surface area contributed by atoms with Crippen LogP contribution < -0.4 is 10.6 Å². The summed E-state index contributed by atoms with van der Waals surface area (Å²) >= 11 is 0. The van der Waals surface area contributed by atoms with Gasteiger partial charge in [0.15, 0.2) is 0 Å². The van der Waals surface area contributed by atoms with E-state index in [-0.39, 0.29) is 23.7 Å². The predicted octanol–water partition coefficient (Wildman–Crippen LogP) is 1.85. The Bertz CT molecular complexity index is 538. The molecule has 1 aromatic rings. The number of rotatable bonds is 4. The summed E-state index contributed by atoms with van der Waals surface area (Å²) in [6, 6.07) is 1.82. The number of carbonyl (C=O) groups is 1. The van der Waals surface area contributed by atoms with Crippen molar-refractivity contribution in [1.29, 1.82) is 0 Å². The van der Waals surface area contributed by atoms with E-state index >= 15 is 0 Å². The van der Waals surface area contributed by atoms with E-state index < -0.39 is 4.92 Å². The molecular formula is C14H22N4O3. The van der Waals surface area contributed by atoms with Crippen molar-refractivity contribution >= 4 is 11.6 Å². The molecule has 1 aromatic heterocycles. The third-order valence-electron chi connectivity index (χ3n) is 3.79. The zero-order valence-corrected chi connectivity index (χ0v) is 12.6. The molecule has 0 aliphatic carbocycles. The standard InChI is InChI=1S/C14H22N4O3/c1-9(2)17-8-12(18(20)21)7-13(17)14(19)16-11-4-5-15-10(3)6-11/h7-11,15H,4-6H2,1-3H3,(H,16,19). The number of nitrogens with zero attached hydrogens (tertiary/aromatic N) is 2. The lowest BCUT2D eigenvalue weighted by atomic mass is 10.0. The normalized spacial score (nSPS) is 22.3. The first-order valence-electron chi connectivity index (χ1n) is 7.29. The molecule has 2 rings (SSSR count). The van der Waals surface area contributed by atoms with Gasteiger partial charge in [0.2, 0.25) is 0 Å². The molecule has 1 saturated heterocycles. The Morgan fingerprint density at radius 2 is 2.29 bits per heavy atom. The van der Waals surface area contributed by atoms with Crippen LogP contribution in [0.5, 0.6) is 0 Å². The quantitative estimate of drug-likeness (QED) is 0.655. The van der Waals surface area contributed by atoms with Crippen molar-refractivity contribution in [2.24, 2.45) is 0 Å². The number of hydrogen-bond acceptors (Lipinski definition) is 4. The maximum absolute atomic E-state index is 12.4.